The van der Waals surface area contributed by atoms with Gasteiger partial charge in [0.2, 0.25) is 0 Å². The van der Waals surface area contributed by atoms with Crippen molar-refractivity contribution in [3.63, 3.8) is 0 Å². The molecule has 7 aromatic carbocycles. The molecule has 0 bridgehead atoms. The molecule has 0 radical (unpaired) electrons. The van der Waals surface area contributed by atoms with Gasteiger partial charge in [-0.15, -0.1) is 0 Å². The molecule has 0 aliphatic carbocycles. The van der Waals surface area contributed by atoms with Crippen LogP contribution < -0.4 is 42.5 Å². The van der Waals surface area contributed by atoms with Gasteiger partial charge in [-0.3, -0.25) is 9.59 Å². The molecule has 4 nitrogen and oxygen atoms in total. The maximum absolute atomic E-state index is 14.2. The topological polar surface area (TPSA) is 58.2 Å². The van der Waals surface area contributed by atoms with Crippen LogP contribution in [0.2, 0.25) is 0 Å². The standard InChI is InChI=1S/C44H34N2O2P2.2ClH.Pd/c47-43(37-27-13-17-31-41(37)49(33-19-5-1-6-20-33)34-21-7-2-8-22-34)45-39-29-15-16-30-40(39)46-44(48)38-28-14-18-32-42(38)50(35-23-9-3-10-24-35)36-25-11-4-12-26-36;;;/h1-32H,(H,45,47)(H,46,48);2*1H;/q;;;+2. The van der Waals surface area contributed by atoms with E-state index in [1.54, 1.807) is 0 Å². The van der Waals surface area contributed by atoms with Crippen molar-refractivity contribution in [3.8, 4) is 0 Å². The van der Waals surface area contributed by atoms with Gasteiger partial charge in [0.1, 0.15) is 31.8 Å². The zero-order valence-electron chi connectivity index (χ0n) is 28.4. The monoisotopic (exact) mass is 862 g/mol. The number of para-hydroxylation sites is 2. The van der Waals surface area contributed by atoms with E-state index in [0.29, 0.717) is 22.5 Å². The average Bonchev–Trinajstić information content (AvgIpc) is 3.21. The second-order valence-corrected chi connectivity index (χ2v) is 19.1. The number of amides is 2. The molecule has 0 fully saturated rings. The Bertz CT molecular complexity index is 2010. The molecular formula is C44H36Cl2N2O2P2Pd+2. The predicted molar refractivity (Wildman–Crippen MR) is 227 cm³/mol. The summed E-state index contributed by atoms with van der Waals surface area (Å²) in [5.41, 5.74) is 2.28. The van der Waals surface area contributed by atoms with Gasteiger partial charge in [0.25, 0.3) is 11.8 Å². The molecule has 266 valence electrons. The van der Waals surface area contributed by atoms with Gasteiger partial charge in [-0.05, 0) is 84.9 Å². The first-order valence-corrected chi connectivity index (χ1v) is 23.8. The van der Waals surface area contributed by atoms with Crippen LogP contribution in [0, 0.1) is 0 Å². The number of carbonyl (C=O) groups excluding carboxylic acids is 2. The molecule has 0 aliphatic rings. The maximum atomic E-state index is 14.2. The minimum absolute atomic E-state index is 0.106. The summed E-state index contributed by atoms with van der Waals surface area (Å²) in [6.07, 6.45) is 0. The molecule has 0 atom stereocenters. The normalized spacial score (nSPS) is 10.7. The molecule has 7 aromatic rings. The van der Waals surface area contributed by atoms with Crippen LogP contribution in [0.4, 0.5) is 11.4 Å². The Balaban J connectivity index is 0.00000155. The number of hydrogen-bond donors (Lipinski definition) is 2. The molecule has 0 saturated heterocycles. The van der Waals surface area contributed by atoms with Crippen molar-refractivity contribution >= 4 is 89.9 Å². The van der Waals surface area contributed by atoms with Gasteiger partial charge in [0.15, 0.2) is 0 Å². The van der Waals surface area contributed by atoms with Crippen LogP contribution in [0.25, 0.3) is 0 Å². The molecule has 0 unspecified atom stereocenters. The summed E-state index contributed by atoms with van der Waals surface area (Å²) in [5, 5.41) is 13.1. The van der Waals surface area contributed by atoms with Crippen LogP contribution in [0.15, 0.2) is 194 Å². The summed E-state index contributed by atoms with van der Waals surface area (Å²) in [6, 6.07) is 64.6. The van der Waals surface area contributed by atoms with Crippen LogP contribution in [0.3, 0.4) is 0 Å². The number of hydrogen-bond acceptors (Lipinski definition) is 2. The number of nitrogens with one attached hydrogen (secondary N) is 2. The third kappa shape index (κ3) is 9.77. The van der Waals surface area contributed by atoms with Crippen molar-refractivity contribution in [1.29, 1.82) is 0 Å². The van der Waals surface area contributed by atoms with Gasteiger partial charge < -0.3 is 10.6 Å². The average molecular weight is 864 g/mol. The number of carbonyl (C=O) groups is 2. The van der Waals surface area contributed by atoms with Gasteiger partial charge in [-0.1, -0.05) is 109 Å². The Morgan fingerprint density at radius 2 is 0.623 bits per heavy atom. The summed E-state index contributed by atoms with van der Waals surface area (Å²) < 4.78 is 0. The van der Waals surface area contributed by atoms with Crippen molar-refractivity contribution in [2.45, 2.75) is 0 Å². The second kappa shape index (κ2) is 19.6. The Labute approximate surface area is 329 Å². The van der Waals surface area contributed by atoms with E-state index in [1.165, 1.54) is 21.2 Å². The van der Waals surface area contributed by atoms with E-state index >= 15 is 0 Å². The van der Waals surface area contributed by atoms with Crippen molar-refractivity contribution in [1.82, 2.24) is 0 Å². The molecule has 0 spiro atoms. The van der Waals surface area contributed by atoms with Crippen molar-refractivity contribution in [3.05, 3.63) is 205 Å². The zero-order valence-corrected chi connectivity index (χ0v) is 33.4. The molecule has 0 saturated carbocycles. The summed E-state index contributed by atoms with van der Waals surface area (Å²) >= 11 is -0.106. The van der Waals surface area contributed by atoms with Gasteiger partial charge in [0, 0.05) is 0 Å². The van der Waals surface area contributed by atoms with Gasteiger partial charge in [-0.25, -0.2) is 0 Å². The Kier molecular flexibility index (Phi) is 14.2. The quantitative estimate of drug-likeness (QED) is 0.107. The molecule has 2 N–H and O–H groups in total. The van der Waals surface area contributed by atoms with E-state index in [1.807, 2.05) is 133 Å². The van der Waals surface area contributed by atoms with Crippen LogP contribution in [-0.4, -0.2) is 11.8 Å². The van der Waals surface area contributed by atoms with Crippen LogP contribution in [0.5, 0.6) is 0 Å². The Hall–Kier alpha value is -4.42. The first kappa shape index (κ1) is 38.3. The third-order valence-electron chi connectivity index (χ3n) is 8.56. The first-order chi connectivity index (χ1) is 26.1. The Morgan fingerprint density at radius 1 is 0.377 bits per heavy atom. The molecule has 0 heterocycles. The molecule has 0 aliphatic heterocycles. The summed E-state index contributed by atoms with van der Waals surface area (Å²) in [7, 11) is 6.64. The molecule has 9 heteroatoms. The van der Waals surface area contributed by atoms with E-state index in [-0.39, 0.29) is 27.8 Å². The molecule has 53 heavy (non-hydrogen) atoms. The zero-order chi connectivity index (χ0) is 36.8. The van der Waals surface area contributed by atoms with E-state index in [0.717, 1.165) is 10.6 Å². The Morgan fingerprint density at radius 3 is 0.925 bits per heavy atom. The molecule has 2 amide bonds. The summed E-state index contributed by atoms with van der Waals surface area (Å²) in [4.78, 5) is 28.3. The van der Waals surface area contributed by atoms with Crippen LogP contribution in [0.1, 0.15) is 20.7 Å². The van der Waals surface area contributed by atoms with Gasteiger partial charge >= 0.3 is 35.0 Å². The summed E-state index contributed by atoms with van der Waals surface area (Å²) in [6.45, 7) is 0. The second-order valence-electron chi connectivity index (χ2n) is 11.8. The van der Waals surface area contributed by atoms with Crippen molar-refractivity contribution in [2.24, 2.45) is 0 Å². The van der Waals surface area contributed by atoms with Gasteiger partial charge in [0.05, 0.1) is 38.3 Å². The van der Waals surface area contributed by atoms with E-state index < -0.39 is 15.8 Å². The van der Waals surface area contributed by atoms with Gasteiger partial charge in [-0.2, -0.15) is 0 Å². The molecule has 0 aromatic heterocycles. The fourth-order valence-electron chi connectivity index (χ4n) is 6.25. The number of rotatable bonds is 10. The van der Waals surface area contributed by atoms with Crippen molar-refractivity contribution in [2.75, 3.05) is 10.6 Å². The predicted octanol–water partition coefficient (Wildman–Crippen LogP) is 8.55. The molecular weight excluding hydrogens is 828 g/mol. The summed E-state index contributed by atoms with van der Waals surface area (Å²) in [5.74, 6) is -0.452. The van der Waals surface area contributed by atoms with Crippen LogP contribution in [-0.2, 0) is 15.9 Å². The number of anilines is 2. The van der Waals surface area contributed by atoms with Crippen molar-refractivity contribution < 1.29 is 25.5 Å². The fraction of sp³-hybridized carbons (Fsp3) is 0. The van der Waals surface area contributed by atoms with Crippen LogP contribution >= 0.6 is 34.9 Å². The SMILES string of the molecule is O=C(Nc1ccccc1NC(=O)c1ccccc1[PH+](c1ccccc1)c1ccccc1)c1ccccc1[PH+](c1ccccc1)c1ccccc1.[Cl][Pd][Cl]. The first-order valence-electron chi connectivity index (χ1n) is 16.8. The van der Waals surface area contributed by atoms with E-state index in [4.69, 9.17) is 19.1 Å². The fourth-order valence-corrected chi connectivity index (χ4v) is 11.7. The minimum atomic E-state index is -1.49. The van der Waals surface area contributed by atoms with E-state index in [9.17, 15) is 9.59 Å². The number of halogens is 2. The third-order valence-corrected chi connectivity index (χ3v) is 14.1. The molecule has 7 rings (SSSR count). The van der Waals surface area contributed by atoms with E-state index in [2.05, 4.69) is 71.3 Å². The number of benzene rings is 7.